The van der Waals surface area contributed by atoms with Gasteiger partial charge in [-0.1, -0.05) is 11.8 Å². The van der Waals surface area contributed by atoms with Crippen molar-refractivity contribution in [3.63, 3.8) is 0 Å². The highest BCUT2D eigenvalue weighted by molar-refractivity contribution is 7.99. The molecular formula is C10H11N5S. The molecule has 5 nitrogen and oxygen atoms in total. The molecule has 2 aromatic rings. The largest absolute Gasteiger partial charge is 0.384 e. The summed E-state index contributed by atoms with van der Waals surface area (Å²) in [7, 11) is 1.87. The topological polar surface area (TPSA) is 80.6 Å². The lowest BCUT2D eigenvalue weighted by Crippen LogP contribution is -2.10. The highest BCUT2D eigenvalue weighted by atomic mass is 32.2. The van der Waals surface area contributed by atoms with E-state index in [-0.39, 0.29) is 5.84 Å². The summed E-state index contributed by atoms with van der Waals surface area (Å²) in [5.74, 6) is 0.0328. The van der Waals surface area contributed by atoms with Gasteiger partial charge >= 0.3 is 0 Å². The molecule has 0 saturated carbocycles. The van der Waals surface area contributed by atoms with Crippen LogP contribution >= 0.6 is 11.8 Å². The Kier molecular flexibility index (Phi) is 2.91. The minimum Gasteiger partial charge on any atom is -0.384 e. The number of hydrogen-bond acceptors (Lipinski definition) is 4. The van der Waals surface area contributed by atoms with Crippen LogP contribution in [0.2, 0.25) is 0 Å². The van der Waals surface area contributed by atoms with Crippen LogP contribution in [0.3, 0.4) is 0 Å². The van der Waals surface area contributed by atoms with Gasteiger partial charge in [-0.15, -0.1) is 0 Å². The minimum absolute atomic E-state index is 0.0328. The molecular weight excluding hydrogens is 222 g/mol. The molecule has 0 aliphatic rings. The normalized spacial score (nSPS) is 10.3. The summed E-state index contributed by atoms with van der Waals surface area (Å²) < 4.78 is 1.74. The van der Waals surface area contributed by atoms with Crippen LogP contribution in [0.25, 0.3) is 0 Å². The molecule has 16 heavy (non-hydrogen) atoms. The van der Waals surface area contributed by atoms with E-state index < -0.39 is 0 Å². The number of amidine groups is 1. The summed E-state index contributed by atoms with van der Waals surface area (Å²) >= 11 is 1.52. The van der Waals surface area contributed by atoms with Gasteiger partial charge in [0.2, 0.25) is 0 Å². The predicted molar refractivity (Wildman–Crippen MR) is 62.6 cm³/mol. The standard InChI is InChI=1S/C10H11N5S/c1-15-6-8(5-14-15)16-9-3-2-7(4-13-9)10(11)12/h2-6H,1H3,(H3,11,12). The second-order valence-electron chi connectivity index (χ2n) is 3.25. The van der Waals surface area contributed by atoms with E-state index in [9.17, 15) is 0 Å². The summed E-state index contributed by atoms with van der Waals surface area (Å²) in [4.78, 5) is 5.24. The van der Waals surface area contributed by atoms with Crippen LogP contribution < -0.4 is 5.73 Å². The van der Waals surface area contributed by atoms with E-state index in [2.05, 4.69) is 10.1 Å². The number of nitrogen functional groups attached to an aromatic ring is 1. The van der Waals surface area contributed by atoms with Crippen LogP contribution in [0.5, 0.6) is 0 Å². The first kappa shape index (κ1) is 10.7. The molecule has 0 saturated heterocycles. The fourth-order valence-corrected chi connectivity index (χ4v) is 1.96. The van der Waals surface area contributed by atoms with Gasteiger partial charge < -0.3 is 5.73 Å². The van der Waals surface area contributed by atoms with Gasteiger partial charge in [-0.25, -0.2) is 4.98 Å². The van der Waals surface area contributed by atoms with E-state index in [1.54, 1.807) is 23.1 Å². The molecule has 0 bridgehead atoms. The second-order valence-corrected chi connectivity index (χ2v) is 4.34. The molecule has 0 radical (unpaired) electrons. The van der Waals surface area contributed by atoms with Crippen LogP contribution in [-0.4, -0.2) is 20.6 Å². The van der Waals surface area contributed by atoms with E-state index in [0.717, 1.165) is 9.92 Å². The molecule has 2 heterocycles. The van der Waals surface area contributed by atoms with Crippen molar-refractivity contribution in [1.82, 2.24) is 14.8 Å². The number of nitrogens with zero attached hydrogens (tertiary/aromatic N) is 3. The molecule has 0 amide bonds. The second kappa shape index (κ2) is 4.36. The number of pyridine rings is 1. The van der Waals surface area contributed by atoms with Crippen LogP contribution in [0, 0.1) is 5.41 Å². The Bertz CT molecular complexity index is 502. The van der Waals surface area contributed by atoms with E-state index >= 15 is 0 Å². The number of aryl methyl sites for hydroxylation is 1. The molecule has 0 aliphatic heterocycles. The molecule has 2 rings (SSSR count). The molecule has 0 aromatic carbocycles. The molecule has 6 heteroatoms. The van der Waals surface area contributed by atoms with Crippen molar-refractivity contribution in [3.05, 3.63) is 36.3 Å². The zero-order chi connectivity index (χ0) is 11.5. The van der Waals surface area contributed by atoms with E-state index in [1.807, 2.05) is 19.3 Å². The van der Waals surface area contributed by atoms with Crippen LogP contribution in [0.4, 0.5) is 0 Å². The van der Waals surface area contributed by atoms with Crippen molar-refractivity contribution in [1.29, 1.82) is 5.41 Å². The third kappa shape index (κ3) is 2.40. The molecule has 2 aromatic heterocycles. The van der Waals surface area contributed by atoms with Crippen LogP contribution in [0.15, 0.2) is 40.6 Å². The maximum absolute atomic E-state index is 7.25. The summed E-state index contributed by atoms with van der Waals surface area (Å²) in [6, 6.07) is 3.63. The Labute approximate surface area is 97.2 Å². The quantitative estimate of drug-likeness (QED) is 0.617. The molecule has 0 unspecified atom stereocenters. The van der Waals surface area contributed by atoms with E-state index in [0.29, 0.717) is 5.56 Å². The van der Waals surface area contributed by atoms with E-state index in [1.165, 1.54) is 11.8 Å². The van der Waals surface area contributed by atoms with Crippen molar-refractivity contribution in [2.24, 2.45) is 12.8 Å². The average molecular weight is 233 g/mol. The predicted octanol–water partition coefficient (Wildman–Crippen LogP) is 1.25. The number of rotatable bonds is 3. The zero-order valence-electron chi connectivity index (χ0n) is 8.71. The lowest BCUT2D eigenvalue weighted by Gasteiger charge is -1.99. The first-order valence-corrected chi connectivity index (χ1v) is 5.44. The third-order valence-electron chi connectivity index (χ3n) is 1.95. The van der Waals surface area contributed by atoms with Crippen molar-refractivity contribution < 1.29 is 0 Å². The molecule has 0 atom stereocenters. The summed E-state index contributed by atoms with van der Waals surface area (Å²) in [5, 5.41) is 12.2. The Balaban J connectivity index is 2.14. The van der Waals surface area contributed by atoms with Crippen LogP contribution in [-0.2, 0) is 7.05 Å². The van der Waals surface area contributed by atoms with Gasteiger partial charge in [0.1, 0.15) is 10.9 Å². The highest BCUT2D eigenvalue weighted by Gasteiger charge is 2.02. The molecule has 82 valence electrons. The number of aromatic nitrogens is 3. The fraction of sp³-hybridized carbons (Fsp3) is 0.100. The zero-order valence-corrected chi connectivity index (χ0v) is 9.53. The number of nitrogens with two attached hydrogens (primary N) is 1. The maximum Gasteiger partial charge on any atom is 0.124 e. The minimum atomic E-state index is 0.0328. The van der Waals surface area contributed by atoms with Gasteiger partial charge in [0.05, 0.1) is 11.1 Å². The Morgan fingerprint density at radius 2 is 2.25 bits per heavy atom. The van der Waals surface area contributed by atoms with Gasteiger partial charge in [0, 0.05) is 25.0 Å². The fourth-order valence-electron chi connectivity index (χ4n) is 1.17. The van der Waals surface area contributed by atoms with Gasteiger partial charge in [-0.05, 0) is 12.1 Å². The first-order valence-electron chi connectivity index (χ1n) is 4.62. The Hall–Kier alpha value is -1.82. The number of nitrogens with one attached hydrogen (secondary N) is 1. The van der Waals surface area contributed by atoms with Gasteiger partial charge in [0.25, 0.3) is 0 Å². The van der Waals surface area contributed by atoms with Gasteiger partial charge in [-0.2, -0.15) is 5.10 Å². The maximum atomic E-state index is 7.25. The molecule has 0 aliphatic carbocycles. The summed E-state index contributed by atoms with van der Waals surface area (Å²) in [5.41, 5.74) is 5.98. The SMILES string of the molecule is Cn1cc(Sc2ccc(C(=N)N)cn2)cn1. The summed E-state index contributed by atoms with van der Waals surface area (Å²) in [6.45, 7) is 0. The lowest BCUT2D eigenvalue weighted by molar-refractivity contribution is 0.766. The third-order valence-corrected chi connectivity index (χ3v) is 2.85. The first-order chi connectivity index (χ1) is 7.65. The van der Waals surface area contributed by atoms with Crippen molar-refractivity contribution in [2.75, 3.05) is 0 Å². The monoisotopic (exact) mass is 233 g/mol. The Morgan fingerprint density at radius 3 is 2.75 bits per heavy atom. The lowest BCUT2D eigenvalue weighted by atomic mass is 10.3. The van der Waals surface area contributed by atoms with Crippen molar-refractivity contribution in [2.45, 2.75) is 9.92 Å². The average Bonchev–Trinajstić information content (AvgIpc) is 2.65. The van der Waals surface area contributed by atoms with Gasteiger partial charge in [-0.3, -0.25) is 10.1 Å². The number of hydrogen-bond donors (Lipinski definition) is 2. The van der Waals surface area contributed by atoms with Crippen molar-refractivity contribution in [3.8, 4) is 0 Å². The van der Waals surface area contributed by atoms with Crippen molar-refractivity contribution >= 4 is 17.6 Å². The Morgan fingerprint density at radius 1 is 1.44 bits per heavy atom. The highest BCUT2D eigenvalue weighted by Crippen LogP contribution is 2.24. The molecule has 0 spiro atoms. The van der Waals surface area contributed by atoms with Crippen LogP contribution in [0.1, 0.15) is 5.56 Å². The smallest absolute Gasteiger partial charge is 0.124 e. The molecule has 3 N–H and O–H groups in total. The molecule has 0 fully saturated rings. The van der Waals surface area contributed by atoms with E-state index in [4.69, 9.17) is 11.1 Å². The van der Waals surface area contributed by atoms with Gasteiger partial charge in [0.15, 0.2) is 0 Å². The summed E-state index contributed by atoms with van der Waals surface area (Å²) in [6.07, 6.45) is 5.30.